The van der Waals surface area contributed by atoms with E-state index in [1.165, 1.54) is 0 Å². The maximum absolute atomic E-state index is 13.3. The average molecular weight is 225 g/mol. The molecule has 0 atom stereocenters. The topological polar surface area (TPSA) is 0 Å². The summed E-state index contributed by atoms with van der Waals surface area (Å²) in [7, 11) is 0. The molecule has 2 aromatic carbocycles. The maximum atomic E-state index is 13.3. The second kappa shape index (κ2) is 3.96. The van der Waals surface area contributed by atoms with E-state index in [1.807, 2.05) is 0 Å². The summed E-state index contributed by atoms with van der Waals surface area (Å²) in [4.78, 5) is 0. The van der Waals surface area contributed by atoms with E-state index in [0.29, 0.717) is 0 Å². The third kappa shape index (κ3) is 1.78. The van der Waals surface area contributed by atoms with Crippen LogP contribution in [0.25, 0.3) is 11.1 Å². The Morgan fingerprint density at radius 1 is 0.875 bits per heavy atom. The summed E-state index contributed by atoms with van der Waals surface area (Å²) in [5, 5.41) is 0. The predicted octanol–water partition coefficient (Wildman–Crippen LogP) is 3.71. The molecule has 2 rings (SSSR count). The van der Waals surface area contributed by atoms with Gasteiger partial charge in [0.05, 0.1) is 5.56 Å². The van der Waals surface area contributed by atoms with Crippen LogP contribution in [-0.2, 0) is 0 Å². The molecule has 0 aromatic heterocycles. The van der Waals surface area contributed by atoms with Crippen molar-refractivity contribution in [1.82, 2.24) is 0 Å². The number of benzene rings is 2. The standard InChI is InChI=1S/C12H5F4/c13-7-4-5-9(14)8(6-7)12-10(15)2-1-3-11(12)16/h1-2,4-6H. The van der Waals surface area contributed by atoms with Crippen LogP contribution in [0.3, 0.4) is 0 Å². The molecule has 0 aliphatic rings. The van der Waals surface area contributed by atoms with Gasteiger partial charge in [-0.2, -0.15) is 0 Å². The highest BCUT2D eigenvalue weighted by Gasteiger charge is 2.15. The van der Waals surface area contributed by atoms with E-state index >= 15 is 0 Å². The molecule has 0 aliphatic carbocycles. The van der Waals surface area contributed by atoms with Crippen LogP contribution in [0.2, 0.25) is 0 Å². The zero-order valence-corrected chi connectivity index (χ0v) is 7.90. The fourth-order valence-corrected chi connectivity index (χ4v) is 1.38. The van der Waals surface area contributed by atoms with Crippen LogP contribution in [0.4, 0.5) is 17.6 Å². The molecular weight excluding hydrogens is 220 g/mol. The molecule has 0 saturated heterocycles. The summed E-state index contributed by atoms with van der Waals surface area (Å²) in [6.07, 6.45) is 0. The van der Waals surface area contributed by atoms with Crippen molar-refractivity contribution in [3.63, 3.8) is 0 Å². The predicted molar refractivity (Wildman–Crippen MR) is 50.5 cm³/mol. The Balaban J connectivity index is 2.72. The Kier molecular flexibility index (Phi) is 2.64. The van der Waals surface area contributed by atoms with E-state index in [9.17, 15) is 17.6 Å². The molecule has 16 heavy (non-hydrogen) atoms. The van der Waals surface area contributed by atoms with Gasteiger partial charge in [0, 0.05) is 11.6 Å². The van der Waals surface area contributed by atoms with Crippen molar-refractivity contribution in [2.24, 2.45) is 0 Å². The minimum atomic E-state index is -1.05. The highest BCUT2D eigenvalue weighted by molar-refractivity contribution is 5.65. The van der Waals surface area contributed by atoms with Crippen LogP contribution in [0, 0.1) is 29.3 Å². The fourth-order valence-electron chi connectivity index (χ4n) is 1.38. The van der Waals surface area contributed by atoms with Crippen LogP contribution >= 0.6 is 0 Å². The smallest absolute Gasteiger partial charge is 0.142 e. The summed E-state index contributed by atoms with van der Waals surface area (Å²) < 4.78 is 52.7. The highest BCUT2D eigenvalue weighted by atomic mass is 19.1. The molecule has 0 spiro atoms. The Labute approximate surface area is 89.2 Å². The summed E-state index contributed by atoms with van der Waals surface area (Å²) in [5.41, 5.74) is -1.06. The molecule has 2 aromatic rings. The third-order valence-corrected chi connectivity index (χ3v) is 2.10. The first kappa shape index (κ1) is 10.7. The number of halogens is 4. The lowest BCUT2D eigenvalue weighted by atomic mass is 10.0. The van der Waals surface area contributed by atoms with Gasteiger partial charge in [0.1, 0.15) is 23.3 Å². The van der Waals surface area contributed by atoms with Crippen molar-refractivity contribution in [1.29, 1.82) is 0 Å². The van der Waals surface area contributed by atoms with Gasteiger partial charge in [0.15, 0.2) is 0 Å². The second-order valence-electron chi connectivity index (χ2n) is 3.14. The van der Waals surface area contributed by atoms with E-state index in [2.05, 4.69) is 6.07 Å². The van der Waals surface area contributed by atoms with Crippen molar-refractivity contribution >= 4 is 0 Å². The Morgan fingerprint density at radius 2 is 1.62 bits per heavy atom. The van der Waals surface area contributed by atoms with Gasteiger partial charge in [0.25, 0.3) is 0 Å². The molecule has 0 saturated carbocycles. The van der Waals surface area contributed by atoms with E-state index in [0.717, 1.165) is 30.3 Å². The fraction of sp³-hybridized carbons (Fsp3) is 0. The summed E-state index contributed by atoms with van der Waals surface area (Å²) in [6.45, 7) is 0. The average Bonchev–Trinajstić information content (AvgIpc) is 2.23. The molecule has 4 heteroatoms. The SMILES string of the molecule is Fc1ccc(F)c(-c2c(F)[c]ccc2F)c1. The van der Waals surface area contributed by atoms with E-state index < -0.39 is 34.4 Å². The van der Waals surface area contributed by atoms with Crippen molar-refractivity contribution in [3.05, 3.63) is 59.7 Å². The van der Waals surface area contributed by atoms with Crippen molar-refractivity contribution < 1.29 is 17.6 Å². The minimum absolute atomic E-state index is 0.452. The first-order valence-electron chi connectivity index (χ1n) is 4.40. The lowest BCUT2D eigenvalue weighted by Gasteiger charge is -2.06. The molecule has 0 nitrogen and oxygen atoms in total. The lowest BCUT2D eigenvalue weighted by Crippen LogP contribution is -1.93. The minimum Gasteiger partial charge on any atom is -0.207 e. The number of hydrogen-bond donors (Lipinski definition) is 0. The van der Waals surface area contributed by atoms with Gasteiger partial charge in [-0.1, -0.05) is 0 Å². The zero-order chi connectivity index (χ0) is 11.7. The van der Waals surface area contributed by atoms with Crippen LogP contribution in [-0.4, -0.2) is 0 Å². The van der Waals surface area contributed by atoms with Crippen molar-refractivity contribution in [2.75, 3.05) is 0 Å². The van der Waals surface area contributed by atoms with Gasteiger partial charge in [-0.25, -0.2) is 17.6 Å². The van der Waals surface area contributed by atoms with E-state index in [4.69, 9.17) is 0 Å². The maximum Gasteiger partial charge on any atom is 0.142 e. The molecule has 0 unspecified atom stereocenters. The quantitative estimate of drug-likeness (QED) is 0.649. The van der Waals surface area contributed by atoms with Gasteiger partial charge in [-0.3, -0.25) is 0 Å². The van der Waals surface area contributed by atoms with E-state index in [1.54, 1.807) is 0 Å². The summed E-state index contributed by atoms with van der Waals surface area (Å²) in [6, 6.07) is 6.49. The second-order valence-corrected chi connectivity index (χ2v) is 3.14. The largest absolute Gasteiger partial charge is 0.207 e. The zero-order valence-electron chi connectivity index (χ0n) is 7.90. The van der Waals surface area contributed by atoms with Gasteiger partial charge in [0.2, 0.25) is 0 Å². The monoisotopic (exact) mass is 225 g/mol. The molecule has 0 N–H and O–H groups in total. The van der Waals surface area contributed by atoms with Crippen LogP contribution in [0.15, 0.2) is 30.3 Å². The molecule has 0 fully saturated rings. The molecule has 0 aliphatic heterocycles. The van der Waals surface area contributed by atoms with Crippen molar-refractivity contribution in [3.8, 4) is 11.1 Å². The molecule has 0 amide bonds. The lowest BCUT2D eigenvalue weighted by molar-refractivity contribution is 0.576. The van der Waals surface area contributed by atoms with Crippen LogP contribution in [0.5, 0.6) is 0 Å². The summed E-state index contributed by atoms with van der Waals surface area (Å²) >= 11 is 0. The van der Waals surface area contributed by atoms with Crippen LogP contribution < -0.4 is 0 Å². The van der Waals surface area contributed by atoms with Gasteiger partial charge < -0.3 is 0 Å². The van der Waals surface area contributed by atoms with Gasteiger partial charge >= 0.3 is 0 Å². The highest BCUT2D eigenvalue weighted by Crippen LogP contribution is 2.28. The van der Waals surface area contributed by atoms with Crippen molar-refractivity contribution in [2.45, 2.75) is 0 Å². The summed E-state index contributed by atoms with van der Waals surface area (Å²) in [5.74, 6) is -3.66. The molecular formula is C12H5F4. The Hall–Kier alpha value is -1.84. The molecule has 81 valence electrons. The van der Waals surface area contributed by atoms with Crippen LogP contribution in [0.1, 0.15) is 0 Å². The Morgan fingerprint density at radius 3 is 2.31 bits per heavy atom. The van der Waals surface area contributed by atoms with Gasteiger partial charge in [-0.05, 0) is 30.3 Å². The molecule has 0 heterocycles. The normalized spacial score (nSPS) is 10.5. The molecule has 0 bridgehead atoms. The Bertz CT molecular complexity index is 514. The third-order valence-electron chi connectivity index (χ3n) is 2.10. The first-order chi connectivity index (χ1) is 7.59. The molecule has 1 radical (unpaired) electrons. The number of hydrogen-bond acceptors (Lipinski definition) is 0. The van der Waals surface area contributed by atoms with E-state index in [-0.39, 0.29) is 0 Å². The van der Waals surface area contributed by atoms with Gasteiger partial charge in [-0.15, -0.1) is 0 Å². The first-order valence-corrected chi connectivity index (χ1v) is 4.40. The number of rotatable bonds is 1.